The first kappa shape index (κ1) is 6.55. The molecule has 0 radical (unpaired) electrons. The van der Waals surface area contributed by atoms with E-state index in [1.54, 1.807) is 30.1 Å². The maximum atomic E-state index is 7.32. The van der Waals surface area contributed by atoms with E-state index in [-0.39, 0.29) is 5.37 Å². The number of allylic oxidation sites excluding steroid dienone is 1. The molecule has 0 fully saturated rings. The van der Waals surface area contributed by atoms with E-state index in [9.17, 15) is 0 Å². The molecule has 0 amide bonds. The molecule has 9 heavy (non-hydrogen) atoms. The Labute approximate surface area is 58.6 Å². The lowest BCUT2D eigenvalue weighted by Gasteiger charge is -2.08. The predicted octanol–water partition coefficient (Wildman–Crippen LogP) is 1.34. The lowest BCUT2D eigenvalue weighted by Crippen LogP contribution is -2.13. The van der Waals surface area contributed by atoms with Crippen LogP contribution in [-0.2, 0) is 0 Å². The Balaban J connectivity index is 2.66. The lowest BCUT2D eigenvalue weighted by molar-refractivity contribution is 1.20. The molecular weight excluding hydrogens is 132 g/mol. The number of thioether (sulfide) groups is 1. The van der Waals surface area contributed by atoms with E-state index in [1.807, 2.05) is 6.26 Å². The van der Waals surface area contributed by atoms with Gasteiger partial charge < -0.3 is 5.41 Å². The van der Waals surface area contributed by atoms with Crippen LogP contribution in [0.25, 0.3) is 0 Å². The molecule has 1 N–H and O–H groups in total. The van der Waals surface area contributed by atoms with Gasteiger partial charge in [0, 0.05) is 6.21 Å². The normalized spacial score (nSPS) is 25.0. The molecule has 2 nitrogen and oxygen atoms in total. The van der Waals surface area contributed by atoms with Gasteiger partial charge in [-0.1, -0.05) is 0 Å². The second-order valence-electron chi connectivity index (χ2n) is 1.70. The van der Waals surface area contributed by atoms with Gasteiger partial charge in [0.2, 0.25) is 0 Å². The summed E-state index contributed by atoms with van der Waals surface area (Å²) in [4.78, 5) is 4.06. The zero-order chi connectivity index (χ0) is 6.69. The Morgan fingerprint density at radius 1 is 1.78 bits per heavy atom. The first-order valence-electron chi connectivity index (χ1n) is 2.65. The van der Waals surface area contributed by atoms with Gasteiger partial charge in [-0.25, -0.2) is 0 Å². The molecule has 1 unspecified atom stereocenters. The Bertz CT molecular complexity index is 172. The van der Waals surface area contributed by atoms with E-state index in [1.165, 1.54) is 0 Å². The molecule has 1 heterocycles. The van der Waals surface area contributed by atoms with Crippen LogP contribution in [0.15, 0.2) is 17.1 Å². The predicted molar refractivity (Wildman–Crippen MR) is 42.7 cm³/mol. The quantitative estimate of drug-likeness (QED) is 0.586. The second-order valence-corrected chi connectivity index (χ2v) is 2.62. The van der Waals surface area contributed by atoms with Crippen LogP contribution in [0.2, 0.25) is 0 Å². The summed E-state index contributed by atoms with van der Waals surface area (Å²) in [6, 6.07) is 0. The van der Waals surface area contributed by atoms with Gasteiger partial charge >= 0.3 is 0 Å². The van der Waals surface area contributed by atoms with Crippen LogP contribution < -0.4 is 0 Å². The third-order valence-corrected chi connectivity index (χ3v) is 1.89. The van der Waals surface area contributed by atoms with Crippen LogP contribution in [0, 0.1) is 5.41 Å². The number of dihydropyridines is 1. The van der Waals surface area contributed by atoms with Crippen LogP contribution >= 0.6 is 11.8 Å². The average molecular weight is 140 g/mol. The highest BCUT2D eigenvalue weighted by Crippen LogP contribution is 2.11. The summed E-state index contributed by atoms with van der Waals surface area (Å²) in [5.74, 6) is 0. The van der Waals surface area contributed by atoms with Crippen molar-refractivity contribution in [3.8, 4) is 0 Å². The van der Waals surface area contributed by atoms with Crippen molar-refractivity contribution in [2.75, 3.05) is 6.26 Å². The molecule has 0 saturated carbocycles. The maximum Gasteiger partial charge on any atom is 0.136 e. The lowest BCUT2D eigenvalue weighted by atomic mass is 10.3. The Morgan fingerprint density at radius 3 is 3.00 bits per heavy atom. The second kappa shape index (κ2) is 2.82. The van der Waals surface area contributed by atoms with Crippen LogP contribution in [0.1, 0.15) is 0 Å². The minimum absolute atomic E-state index is 0.0370. The number of rotatable bonds is 1. The highest BCUT2D eigenvalue weighted by molar-refractivity contribution is 7.99. The van der Waals surface area contributed by atoms with E-state index in [0.717, 1.165) is 0 Å². The summed E-state index contributed by atoms with van der Waals surface area (Å²) in [7, 11) is 0. The first-order chi connectivity index (χ1) is 4.34. The zero-order valence-electron chi connectivity index (χ0n) is 5.16. The van der Waals surface area contributed by atoms with Crippen molar-refractivity contribution in [3.63, 3.8) is 0 Å². The van der Waals surface area contributed by atoms with Crippen LogP contribution in [0.4, 0.5) is 0 Å². The summed E-state index contributed by atoms with van der Waals surface area (Å²) >= 11 is 1.58. The smallest absolute Gasteiger partial charge is 0.136 e. The van der Waals surface area contributed by atoms with Crippen molar-refractivity contribution in [2.45, 2.75) is 5.37 Å². The Morgan fingerprint density at radius 2 is 2.56 bits per heavy atom. The largest absolute Gasteiger partial charge is 0.302 e. The summed E-state index contributed by atoms with van der Waals surface area (Å²) < 4.78 is 0. The average Bonchev–Trinajstić information content (AvgIpc) is 1.89. The highest BCUT2D eigenvalue weighted by atomic mass is 32.2. The minimum Gasteiger partial charge on any atom is -0.302 e. The van der Waals surface area contributed by atoms with E-state index in [0.29, 0.717) is 5.71 Å². The molecule has 48 valence electrons. The van der Waals surface area contributed by atoms with Gasteiger partial charge in [-0.2, -0.15) is 0 Å². The zero-order valence-corrected chi connectivity index (χ0v) is 5.98. The molecule has 3 heteroatoms. The fraction of sp³-hybridized carbons (Fsp3) is 0.333. The number of aliphatic imine (C=N–C) groups is 1. The molecule has 0 spiro atoms. The molecule has 0 saturated heterocycles. The highest BCUT2D eigenvalue weighted by Gasteiger charge is 2.08. The van der Waals surface area contributed by atoms with Crippen molar-refractivity contribution < 1.29 is 0 Å². The van der Waals surface area contributed by atoms with Gasteiger partial charge in [0.1, 0.15) is 5.37 Å². The monoisotopic (exact) mass is 140 g/mol. The Hall–Kier alpha value is -0.570. The van der Waals surface area contributed by atoms with Gasteiger partial charge in [0.05, 0.1) is 5.71 Å². The van der Waals surface area contributed by atoms with Crippen molar-refractivity contribution in [1.29, 1.82) is 5.41 Å². The van der Waals surface area contributed by atoms with E-state index < -0.39 is 0 Å². The fourth-order valence-corrected chi connectivity index (χ4v) is 1.15. The molecule has 1 atom stereocenters. The van der Waals surface area contributed by atoms with Gasteiger partial charge in [-0.05, 0) is 18.4 Å². The Kier molecular flexibility index (Phi) is 2.05. The molecule has 0 aromatic carbocycles. The van der Waals surface area contributed by atoms with Gasteiger partial charge in [-0.15, -0.1) is 11.8 Å². The molecule has 0 bridgehead atoms. The molecule has 1 aliphatic rings. The van der Waals surface area contributed by atoms with Crippen molar-refractivity contribution in [1.82, 2.24) is 0 Å². The molecule has 1 rings (SSSR count). The van der Waals surface area contributed by atoms with Gasteiger partial charge in [-0.3, -0.25) is 4.99 Å². The van der Waals surface area contributed by atoms with E-state index in [4.69, 9.17) is 5.41 Å². The van der Waals surface area contributed by atoms with Crippen molar-refractivity contribution in [2.24, 2.45) is 4.99 Å². The molecular formula is C6H8N2S. The van der Waals surface area contributed by atoms with Crippen LogP contribution in [-0.4, -0.2) is 23.6 Å². The third-order valence-electron chi connectivity index (χ3n) is 1.07. The van der Waals surface area contributed by atoms with Gasteiger partial charge in [0.25, 0.3) is 0 Å². The van der Waals surface area contributed by atoms with Crippen LogP contribution in [0.3, 0.4) is 0 Å². The molecule has 0 aliphatic carbocycles. The number of hydrogen-bond acceptors (Lipinski definition) is 3. The fourth-order valence-electron chi connectivity index (χ4n) is 0.625. The third kappa shape index (κ3) is 1.42. The SMILES string of the molecule is CSC1N=CC=CC1=N. The van der Waals surface area contributed by atoms with Crippen molar-refractivity contribution >= 4 is 23.7 Å². The van der Waals surface area contributed by atoms with E-state index in [2.05, 4.69) is 4.99 Å². The summed E-state index contributed by atoms with van der Waals surface area (Å²) in [5.41, 5.74) is 0.588. The number of hydrogen-bond donors (Lipinski definition) is 1. The van der Waals surface area contributed by atoms with E-state index >= 15 is 0 Å². The van der Waals surface area contributed by atoms with Crippen molar-refractivity contribution in [3.05, 3.63) is 12.2 Å². The number of nitrogens with one attached hydrogen (secondary N) is 1. The standard InChI is InChI=1S/C6H8N2S/c1-9-6-5(7)3-2-4-8-6/h2-4,6-7H,1H3. The minimum atomic E-state index is 0.0370. The summed E-state index contributed by atoms with van der Waals surface area (Å²) in [5, 5.41) is 7.36. The molecule has 0 aromatic heterocycles. The first-order valence-corrected chi connectivity index (χ1v) is 3.94. The molecule has 1 aliphatic heterocycles. The maximum absolute atomic E-state index is 7.32. The van der Waals surface area contributed by atoms with Gasteiger partial charge in [0.15, 0.2) is 0 Å². The summed E-state index contributed by atoms with van der Waals surface area (Å²) in [6.07, 6.45) is 7.25. The molecule has 0 aromatic rings. The topological polar surface area (TPSA) is 36.2 Å². The summed E-state index contributed by atoms with van der Waals surface area (Å²) in [6.45, 7) is 0. The van der Waals surface area contributed by atoms with Crippen LogP contribution in [0.5, 0.6) is 0 Å². The number of nitrogens with zero attached hydrogens (tertiary/aromatic N) is 1.